The Morgan fingerprint density at radius 3 is 2.22 bits per heavy atom. The van der Waals surface area contributed by atoms with Crippen LogP contribution in [-0.2, 0) is 20.7 Å². The van der Waals surface area contributed by atoms with Gasteiger partial charge in [0.05, 0.1) is 0 Å². The van der Waals surface area contributed by atoms with E-state index in [1.165, 1.54) is 11.0 Å². The first-order chi connectivity index (χ1) is 17.6. The highest BCUT2D eigenvalue weighted by Crippen LogP contribution is 2.30. The van der Waals surface area contributed by atoms with Gasteiger partial charge in [0.1, 0.15) is 23.4 Å². The molecule has 0 saturated heterocycles. The van der Waals surface area contributed by atoms with Crippen molar-refractivity contribution < 1.29 is 24.2 Å². The molecule has 0 radical (unpaired) electrons. The highest BCUT2D eigenvalue weighted by molar-refractivity contribution is 5.92. The number of likely N-dealkylation sites (N-methyl/N-ethyl adjacent to an activating group) is 1. The lowest BCUT2D eigenvalue weighted by atomic mass is 9.99. The summed E-state index contributed by atoms with van der Waals surface area (Å²) in [5.41, 5.74) is 0.420. The van der Waals surface area contributed by atoms with E-state index in [1.54, 1.807) is 45.9 Å². The van der Waals surface area contributed by atoms with Crippen molar-refractivity contribution in [2.75, 3.05) is 13.1 Å². The van der Waals surface area contributed by atoms with E-state index in [1.807, 2.05) is 30.3 Å². The number of aromatic hydroxyl groups is 1. The van der Waals surface area contributed by atoms with E-state index in [0.717, 1.165) is 24.8 Å². The number of amides is 3. The fraction of sp³-hybridized carbons (Fsp3) is 0.483. The molecule has 2 aromatic carbocycles. The molecule has 3 N–H and O–H groups in total. The van der Waals surface area contributed by atoms with E-state index in [9.17, 15) is 19.5 Å². The fourth-order valence-electron chi connectivity index (χ4n) is 4.02. The summed E-state index contributed by atoms with van der Waals surface area (Å²) in [6.45, 7) is 9.73. The number of carbonyl (C=O) groups excluding carboxylic acids is 3. The van der Waals surface area contributed by atoms with Gasteiger partial charge < -0.3 is 25.4 Å². The minimum absolute atomic E-state index is 0.0813. The molecule has 0 aromatic heterocycles. The topological polar surface area (TPSA) is 108 Å². The van der Waals surface area contributed by atoms with Gasteiger partial charge in [-0.1, -0.05) is 68.3 Å². The third kappa shape index (κ3) is 9.44. The largest absolute Gasteiger partial charge is 0.508 e. The number of rotatable bonds is 12. The molecular weight excluding hydrogens is 470 g/mol. The van der Waals surface area contributed by atoms with Gasteiger partial charge in [0.25, 0.3) is 0 Å². The zero-order valence-corrected chi connectivity index (χ0v) is 22.6. The number of para-hydroxylation sites is 1. The molecular formula is C29H41N3O5. The molecule has 0 aliphatic heterocycles. The lowest BCUT2D eigenvalue weighted by Crippen LogP contribution is -2.53. The van der Waals surface area contributed by atoms with Crippen molar-refractivity contribution in [3.8, 4) is 5.75 Å². The molecule has 202 valence electrons. The Hall–Kier alpha value is -3.55. The Labute approximate surface area is 220 Å². The quantitative estimate of drug-likeness (QED) is 0.357. The molecule has 0 aliphatic carbocycles. The van der Waals surface area contributed by atoms with Crippen molar-refractivity contribution >= 4 is 17.9 Å². The standard InChI is InChI=1S/C29H41N3O5/c1-6-8-14-19-30-26(34)25(22-17-12-13-18-24(22)33)32(7-2)27(35)23(20-21-15-10-9-11-16-21)31-28(36)37-29(3,4)5/h9-13,15-18,23,25,33H,6-8,14,19-20H2,1-5H3,(H,30,34)(H,31,36). The number of hydrogen-bond acceptors (Lipinski definition) is 5. The van der Waals surface area contributed by atoms with Gasteiger partial charge >= 0.3 is 6.09 Å². The molecule has 0 spiro atoms. The van der Waals surface area contributed by atoms with Crippen LogP contribution in [0.5, 0.6) is 5.75 Å². The van der Waals surface area contributed by atoms with E-state index < -0.39 is 29.7 Å². The lowest BCUT2D eigenvalue weighted by Gasteiger charge is -2.34. The summed E-state index contributed by atoms with van der Waals surface area (Å²) in [6, 6.07) is 13.8. The summed E-state index contributed by atoms with van der Waals surface area (Å²) in [7, 11) is 0. The van der Waals surface area contributed by atoms with Gasteiger partial charge in [-0.3, -0.25) is 9.59 Å². The first-order valence-electron chi connectivity index (χ1n) is 13.0. The van der Waals surface area contributed by atoms with E-state index in [-0.39, 0.29) is 24.6 Å². The normalized spacial score (nSPS) is 12.8. The van der Waals surface area contributed by atoms with E-state index in [0.29, 0.717) is 12.1 Å². The summed E-state index contributed by atoms with van der Waals surface area (Å²) in [6.07, 6.45) is 2.28. The number of carbonyl (C=O) groups is 3. The van der Waals surface area contributed by atoms with Crippen LogP contribution in [-0.4, -0.2) is 52.6 Å². The number of phenols is 1. The third-order valence-corrected chi connectivity index (χ3v) is 5.77. The Morgan fingerprint density at radius 2 is 1.62 bits per heavy atom. The number of nitrogens with one attached hydrogen (secondary N) is 2. The van der Waals surface area contributed by atoms with Crippen LogP contribution in [0, 0.1) is 0 Å². The number of alkyl carbamates (subject to hydrolysis) is 1. The van der Waals surface area contributed by atoms with Crippen molar-refractivity contribution in [1.82, 2.24) is 15.5 Å². The second-order valence-corrected chi connectivity index (χ2v) is 9.97. The Balaban J connectivity index is 2.42. The predicted molar refractivity (Wildman–Crippen MR) is 144 cm³/mol. The maximum absolute atomic E-state index is 14.0. The lowest BCUT2D eigenvalue weighted by molar-refractivity contribution is -0.142. The number of nitrogens with zero attached hydrogens (tertiary/aromatic N) is 1. The monoisotopic (exact) mass is 511 g/mol. The van der Waals surface area contributed by atoms with Gasteiger partial charge in [-0.05, 0) is 45.7 Å². The minimum atomic E-state index is -1.07. The molecule has 2 unspecified atom stereocenters. The van der Waals surface area contributed by atoms with Crippen LogP contribution in [0.4, 0.5) is 4.79 Å². The molecule has 3 amide bonds. The second-order valence-electron chi connectivity index (χ2n) is 9.97. The number of ether oxygens (including phenoxy) is 1. The summed E-state index contributed by atoms with van der Waals surface area (Å²) >= 11 is 0. The van der Waals surface area contributed by atoms with Crippen molar-refractivity contribution in [2.24, 2.45) is 0 Å². The van der Waals surface area contributed by atoms with Gasteiger partial charge in [0, 0.05) is 25.1 Å². The SMILES string of the molecule is CCCCCNC(=O)C(c1ccccc1O)N(CC)C(=O)C(Cc1ccccc1)NC(=O)OC(C)(C)C. The molecule has 0 fully saturated rings. The van der Waals surface area contributed by atoms with Crippen LogP contribution in [0.2, 0.25) is 0 Å². The van der Waals surface area contributed by atoms with Gasteiger partial charge in [-0.25, -0.2) is 4.79 Å². The van der Waals surface area contributed by atoms with E-state index >= 15 is 0 Å². The highest BCUT2D eigenvalue weighted by Gasteiger charge is 2.36. The Kier molecular flexibility index (Phi) is 11.4. The first kappa shape index (κ1) is 29.7. The molecule has 0 heterocycles. The highest BCUT2D eigenvalue weighted by atomic mass is 16.6. The summed E-state index contributed by atoms with van der Waals surface area (Å²) < 4.78 is 5.42. The molecule has 0 aliphatic rings. The van der Waals surface area contributed by atoms with Crippen molar-refractivity contribution in [1.29, 1.82) is 0 Å². The van der Waals surface area contributed by atoms with Crippen LogP contribution in [0.25, 0.3) is 0 Å². The van der Waals surface area contributed by atoms with E-state index in [2.05, 4.69) is 17.6 Å². The minimum Gasteiger partial charge on any atom is -0.508 e. The van der Waals surface area contributed by atoms with Crippen molar-refractivity contribution in [3.05, 3.63) is 65.7 Å². The molecule has 2 aromatic rings. The average molecular weight is 512 g/mol. The maximum atomic E-state index is 14.0. The molecule has 2 rings (SSSR count). The van der Waals surface area contributed by atoms with Gasteiger partial charge in [0.15, 0.2) is 0 Å². The number of phenolic OH excluding ortho intramolecular Hbond substituents is 1. The van der Waals surface area contributed by atoms with Crippen molar-refractivity contribution in [2.45, 2.75) is 78.0 Å². The third-order valence-electron chi connectivity index (χ3n) is 5.77. The summed E-state index contributed by atoms with van der Waals surface area (Å²) in [5.74, 6) is -0.917. The number of unbranched alkanes of at least 4 members (excludes halogenated alkanes) is 2. The van der Waals surface area contributed by atoms with Gasteiger partial charge in [-0.2, -0.15) is 0 Å². The number of benzene rings is 2. The van der Waals surface area contributed by atoms with Crippen LogP contribution in [0.3, 0.4) is 0 Å². The Morgan fingerprint density at radius 1 is 0.973 bits per heavy atom. The maximum Gasteiger partial charge on any atom is 0.408 e. The van der Waals surface area contributed by atoms with Crippen LogP contribution in [0.15, 0.2) is 54.6 Å². The zero-order valence-electron chi connectivity index (χ0n) is 22.6. The van der Waals surface area contributed by atoms with Crippen LogP contribution < -0.4 is 10.6 Å². The molecule has 0 saturated carbocycles. The van der Waals surface area contributed by atoms with Crippen LogP contribution in [0.1, 0.15) is 71.0 Å². The molecule has 0 bridgehead atoms. The Bertz CT molecular complexity index is 1020. The molecule has 8 nitrogen and oxygen atoms in total. The second kappa shape index (κ2) is 14.3. The molecule has 37 heavy (non-hydrogen) atoms. The van der Waals surface area contributed by atoms with Gasteiger partial charge in [0.2, 0.25) is 11.8 Å². The first-order valence-corrected chi connectivity index (χ1v) is 13.0. The van der Waals surface area contributed by atoms with Crippen molar-refractivity contribution in [3.63, 3.8) is 0 Å². The van der Waals surface area contributed by atoms with Gasteiger partial charge in [-0.15, -0.1) is 0 Å². The average Bonchev–Trinajstić information content (AvgIpc) is 2.84. The summed E-state index contributed by atoms with van der Waals surface area (Å²) in [4.78, 5) is 41.5. The van der Waals surface area contributed by atoms with Crippen LogP contribution >= 0.6 is 0 Å². The molecule has 8 heteroatoms. The number of hydrogen-bond donors (Lipinski definition) is 3. The predicted octanol–water partition coefficient (Wildman–Crippen LogP) is 4.72. The fourth-order valence-corrected chi connectivity index (χ4v) is 4.02. The molecule has 2 atom stereocenters. The van der Waals surface area contributed by atoms with E-state index in [4.69, 9.17) is 4.74 Å². The zero-order chi connectivity index (χ0) is 27.4. The summed E-state index contributed by atoms with van der Waals surface area (Å²) in [5, 5.41) is 16.2. The smallest absolute Gasteiger partial charge is 0.408 e.